The fourth-order valence-electron chi connectivity index (χ4n) is 1.10. The van der Waals surface area contributed by atoms with E-state index in [0.29, 0.717) is 6.61 Å². The lowest BCUT2D eigenvalue weighted by atomic mass is 10.1. The highest BCUT2D eigenvalue weighted by Gasteiger charge is 2.29. The molecule has 0 heterocycles. The fraction of sp³-hybridized carbons (Fsp3) is 0.400. The van der Waals surface area contributed by atoms with Gasteiger partial charge >= 0.3 is 0 Å². The summed E-state index contributed by atoms with van der Waals surface area (Å²) in [6.45, 7) is -0.776. The van der Waals surface area contributed by atoms with Crippen molar-refractivity contribution in [3.63, 3.8) is 0 Å². The first-order valence-electron chi connectivity index (χ1n) is 4.17. The Bertz CT molecular complexity index is 283. The van der Waals surface area contributed by atoms with E-state index in [-0.39, 0.29) is 5.56 Å². The number of aliphatic hydroxyl groups is 1. The average Bonchev–Trinajstić information content (AvgIpc) is 2.19. The van der Waals surface area contributed by atoms with Crippen LogP contribution in [0.1, 0.15) is 11.1 Å². The fourth-order valence-corrected chi connectivity index (χ4v) is 1.10. The molecule has 14 heavy (non-hydrogen) atoms. The molecule has 0 aliphatic heterocycles. The van der Waals surface area contributed by atoms with Crippen molar-refractivity contribution < 1.29 is 18.6 Å². The Morgan fingerprint density at radius 2 is 1.86 bits per heavy atom. The molecule has 0 saturated heterocycles. The summed E-state index contributed by atoms with van der Waals surface area (Å²) in [5.41, 5.74) is 0.643. The van der Waals surface area contributed by atoms with E-state index in [0.717, 1.165) is 5.56 Å². The number of aliphatic hydroxyl groups excluding tert-OH is 1. The van der Waals surface area contributed by atoms with Gasteiger partial charge in [-0.25, -0.2) is 0 Å². The van der Waals surface area contributed by atoms with Crippen molar-refractivity contribution in [1.82, 2.24) is 0 Å². The predicted molar refractivity (Wildman–Crippen MR) is 48.1 cm³/mol. The molecule has 0 aromatic heterocycles. The maximum absolute atomic E-state index is 12.9. The Labute approximate surface area is 81.1 Å². The normalized spacial score (nSPS) is 11.7. The van der Waals surface area contributed by atoms with E-state index < -0.39 is 12.5 Å². The van der Waals surface area contributed by atoms with E-state index in [1.165, 1.54) is 19.2 Å². The van der Waals surface area contributed by atoms with Gasteiger partial charge in [-0.1, -0.05) is 24.3 Å². The van der Waals surface area contributed by atoms with Crippen LogP contribution in [0.3, 0.4) is 0 Å². The molecule has 1 rings (SSSR count). The molecule has 0 unspecified atom stereocenters. The summed E-state index contributed by atoms with van der Waals surface area (Å²) in [6, 6.07) is 5.71. The first-order valence-corrected chi connectivity index (χ1v) is 4.17. The molecule has 1 N–H and O–H groups in total. The standard InChI is InChI=1S/C10H12F2O2/c1-14-6-8-2-4-9(5-3-8)10(11,12)7-13/h2-5,13H,6-7H2,1H3. The summed E-state index contributed by atoms with van der Waals surface area (Å²) in [5.74, 6) is -3.16. The number of rotatable bonds is 4. The Kier molecular flexibility index (Phi) is 3.55. The lowest BCUT2D eigenvalue weighted by Gasteiger charge is -2.13. The number of hydrogen-bond acceptors (Lipinski definition) is 2. The second-order valence-electron chi connectivity index (χ2n) is 2.99. The minimum Gasteiger partial charge on any atom is -0.390 e. The zero-order chi connectivity index (χ0) is 10.6. The van der Waals surface area contributed by atoms with Gasteiger partial charge in [0.05, 0.1) is 6.61 Å². The van der Waals surface area contributed by atoms with E-state index in [4.69, 9.17) is 9.84 Å². The number of alkyl halides is 2. The Morgan fingerprint density at radius 3 is 2.29 bits per heavy atom. The van der Waals surface area contributed by atoms with E-state index >= 15 is 0 Å². The highest BCUT2D eigenvalue weighted by atomic mass is 19.3. The van der Waals surface area contributed by atoms with Crippen LogP contribution in [0, 0.1) is 0 Å². The maximum Gasteiger partial charge on any atom is 0.295 e. The van der Waals surface area contributed by atoms with Crippen LogP contribution < -0.4 is 0 Å². The second kappa shape index (κ2) is 4.48. The van der Waals surface area contributed by atoms with Crippen LogP contribution in [0.15, 0.2) is 24.3 Å². The average molecular weight is 202 g/mol. The number of methoxy groups -OCH3 is 1. The Hall–Kier alpha value is -1.00. The largest absolute Gasteiger partial charge is 0.390 e. The number of ether oxygens (including phenoxy) is 1. The second-order valence-corrected chi connectivity index (χ2v) is 2.99. The molecule has 0 spiro atoms. The van der Waals surface area contributed by atoms with Crippen molar-refractivity contribution in [3.05, 3.63) is 35.4 Å². The van der Waals surface area contributed by atoms with Crippen molar-refractivity contribution in [2.24, 2.45) is 0 Å². The third-order valence-corrected chi connectivity index (χ3v) is 1.89. The van der Waals surface area contributed by atoms with Crippen LogP contribution in [0.5, 0.6) is 0 Å². The monoisotopic (exact) mass is 202 g/mol. The molecule has 0 bridgehead atoms. The summed E-state index contributed by atoms with van der Waals surface area (Å²) in [4.78, 5) is 0. The van der Waals surface area contributed by atoms with Gasteiger partial charge in [0.25, 0.3) is 5.92 Å². The SMILES string of the molecule is COCc1ccc(C(F)(F)CO)cc1. The Morgan fingerprint density at radius 1 is 1.29 bits per heavy atom. The number of hydrogen-bond donors (Lipinski definition) is 1. The zero-order valence-corrected chi connectivity index (χ0v) is 7.84. The minimum atomic E-state index is -3.16. The summed E-state index contributed by atoms with van der Waals surface area (Å²) in [6.07, 6.45) is 0. The van der Waals surface area contributed by atoms with E-state index in [1.807, 2.05) is 0 Å². The molecule has 0 saturated carbocycles. The topological polar surface area (TPSA) is 29.5 Å². The molecule has 0 amide bonds. The summed E-state index contributed by atoms with van der Waals surface area (Å²) >= 11 is 0. The highest BCUT2D eigenvalue weighted by molar-refractivity contribution is 5.25. The maximum atomic E-state index is 12.9. The van der Waals surface area contributed by atoms with Crippen LogP contribution in [0.4, 0.5) is 8.78 Å². The van der Waals surface area contributed by atoms with E-state index in [2.05, 4.69) is 0 Å². The number of benzene rings is 1. The van der Waals surface area contributed by atoms with E-state index in [9.17, 15) is 8.78 Å². The van der Waals surface area contributed by atoms with Gasteiger partial charge in [0, 0.05) is 12.7 Å². The molecule has 1 aromatic carbocycles. The molecule has 0 aliphatic carbocycles. The van der Waals surface area contributed by atoms with Gasteiger partial charge < -0.3 is 9.84 Å². The van der Waals surface area contributed by atoms with Crippen LogP contribution in [-0.2, 0) is 17.3 Å². The molecule has 0 fully saturated rings. The summed E-state index contributed by atoms with van der Waals surface area (Å²) in [7, 11) is 1.54. The minimum absolute atomic E-state index is 0.181. The molecule has 4 heteroatoms. The first kappa shape index (κ1) is 11.1. The molecular weight excluding hydrogens is 190 g/mol. The van der Waals surface area contributed by atoms with Gasteiger partial charge in [-0.05, 0) is 5.56 Å². The smallest absolute Gasteiger partial charge is 0.295 e. The zero-order valence-electron chi connectivity index (χ0n) is 7.84. The number of halogens is 2. The van der Waals surface area contributed by atoms with Crippen molar-refractivity contribution in [1.29, 1.82) is 0 Å². The van der Waals surface area contributed by atoms with Gasteiger partial charge in [0.1, 0.15) is 6.61 Å². The molecule has 0 radical (unpaired) electrons. The molecule has 2 nitrogen and oxygen atoms in total. The lowest BCUT2D eigenvalue weighted by Crippen LogP contribution is -2.18. The van der Waals surface area contributed by atoms with Crippen molar-refractivity contribution in [3.8, 4) is 0 Å². The quantitative estimate of drug-likeness (QED) is 0.808. The van der Waals surface area contributed by atoms with Gasteiger partial charge in [0.15, 0.2) is 0 Å². The highest BCUT2D eigenvalue weighted by Crippen LogP contribution is 2.27. The van der Waals surface area contributed by atoms with E-state index in [1.54, 1.807) is 12.1 Å². The predicted octanol–water partition coefficient (Wildman–Crippen LogP) is 1.92. The van der Waals surface area contributed by atoms with Crippen molar-refractivity contribution in [2.45, 2.75) is 12.5 Å². The summed E-state index contributed by atoms with van der Waals surface area (Å²) < 4.78 is 30.7. The van der Waals surface area contributed by atoms with Crippen LogP contribution in [0.25, 0.3) is 0 Å². The molecule has 1 aromatic rings. The van der Waals surface area contributed by atoms with Crippen molar-refractivity contribution in [2.75, 3.05) is 13.7 Å². The van der Waals surface area contributed by atoms with Gasteiger partial charge in [0.2, 0.25) is 0 Å². The molecular formula is C10H12F2O2. The summed E-state index contributed by atoms with van der Waals surface area (Å²) in [5, 5.41) is 8.45. The van der Waals surface area contributed by atoms with Crippen molar-refractivity contribution >= 4 is 0 Å². The third kappa shape index (κ3) is 2.49. The van der Waals surface area contributed by atoms with Crippen LogP contribution in [-0.4, -0.2) is 18.8 Å². The Balaban J connectivity index is 2.82. The van der Waals surface area contributed by atoms with Crippen LogP contribution >= 0.6 is 0 Å². The van der Waals surface area contributed by atoms with Gasteiger partial charge in [-0.15, -0.1) is 0 Å². The van der Waals surface area contributed by atoms with Gasteiger partial charge in [-0.3, -0.25) is 0 Å². The van der Waals surface area contributed by atoms with Gasteiger partial charge in [-0.2, -0.15) is 8.78 Å². The van der Waals surface area contributed by atoms with Crippen LogP contribution in [0.2, 0.25) is 0 Å². The molecule has 0 atom stereocenters. The lowest BCUT2D eigenvalue weighted by molar-refractivity contribution is -0.0556. The molecule has 78 valence electrons. The first-order chi connectivity index (χ1) is 6.60. The molecule has 0 aliphatic rings. The third-order valence-electron chi connectivity index (χ3n) is 1.89.